The van der Waals surface area contributed by atoms with Crippen LogP contribution in [-0.4, -0.2) is 22.2 Å². The van der Waals surface area contributed by atoms with E-state index in [2.05, 4.69) is 4.98 Å². The van der Waals surface area contributed by atoms with Crippen LogP contribution < -0.4 is 11.3 Å². The van der Waals surface area contributed by atoms with Crippen LogP contribution >= 0.6 is 0 Å². The van der Waals surface area contributed by atoms with Gasteiger partial charge in [0, 0.05) is 6.20 Å². The molecule has 1 heterocycles. The summed E-state index contributed by atoms with van der Waals surface area (Å²) >= 11 is 0. The van der Waals surface area contributed by atoms with Crippen molar-refractivity contribution in [1.29, 1.82) is 0 Å². The van der Waals surface area contributed by atoms with E-state index < -0.39 is 7.12 Å². The van der Waals surface area contributed by atoms with Crippen LogP contribution in [0.15, 0.2) is 12.3 Å². The van der Waals surface area contributed by atoms with E-state index in [0.29, 0.717) is 5.69 Å². The van der Waals surface area contributed by atoms with Gasteiger partial charge in [-0.1, -0.05) is 0 Å². The minimum absolute atomic E-state index is 0.116. The Balaban J connectivity index is 3.17. The molecule has 4 N–H and O–H groups in total. The quantitative estimate of drug-likeness (QED) is 0.434. The lowest BCUT2D eigenvalue weighted by atomic mass is 9.83. The van der Waals surface area contributed by atoms with Crippen LogP contribution in [-0.2, 0) is 0 Å². The lowest BCUT2D eigenvalue weighted by molar-refractivity contribution is 0.424. The Morgan fingerprint density at radius 2 is 2.18 bits per heavy atom. The topological polar surface area (TPSA) is 79.4 Å². The van der Waals surface area contributed by atoms with Gasteiger partial charge in [-0.15, -0.1) is 0 Å². The fourth-order valence-corrected chi connectivity index (χ4v) is 0.796. The van der Waals surface area contributed by atoms with Gasteiger partial charge >= 0.3 is 7.12 Å². The van der Waals surface area contributed by atoms with Gasteiger partial charge in [0.2, 0.25) is 0 Å². The Hall–Kier alpha value is -1.07. The third kappa shape index (κ3) is 1.50. The van der Waals surface area contributed by atoms with Crippen molar-refractivity contribution < 1.29 is 10.0 Å². The van der Waals surface area contributed by atoms with Crippen molar-refractivity contribution in [3.8, 4) is 0 Å². The molecule has 0 aliphatic heterocycles. The molecular weight excluding hydrogens is 143 g/mol. The number of nitrogen functional groups attached to an aromatic ring is 1. The summed E-state index contributed by atoms with van der Waals surface area (Å²) in [4.78, 5) is 3.71. The normalized spacial score (nSPS) is 9.73. The van der Waals surface area contributed by atoms with Crippen molar-refractivity contribution in [2.24, 2.45) is 0 Å². The summed E-state index contributed by atoms with van der Waals surface area (Å²) in [5.41, 5.74) is 6.75. The Labute approximate surface area is 64.8 Å². The monoisotopic (exact) mass is 152 g/mol. The van der Waals surface area contributed by atoms with Gasteiger partial charge < -0.3 is 15.8 Å². The van der Waals surface area contributed by atoms with Gasteiger partial charge in [0.1, 0.15) is 0 Å². The number of anilines is 1. The summed E-state index contributed by atoms with van der Waals surface area (Å²) in [6.07, 6.45) is 1.49. The zero-order valence-electron chi connectivity index (χ0n) is 6.15. The third-order valence-electron chi connectivity index (χ3n) is 1.48. The van der Waals surface area contributed by atoms with Crippen molar-refractivity contribution in [3.05, 3.63) is 17.8 Å². The van der Waals surface area contributed by atoms with Crippen LogP contribution in [0.5, 0.6) is 0 Å². The molecule has 0 saturated carbocycles. The van der Waals surface area contributed by atoms with Gasteiger partial charge in [-0.05, 0) is 18.6 Å². The van der Waals surface area contributed by atoms with Gasteiger partial charge in [0.25, 0.3) is 0 Å². The molecular formula is C6H9BN2O2. The Morgan fingerprint density at radius 1 is 1.55 bits per heavy atom. The molecule has 1 rings (SSSR count). The fraction of sp³-hybridized carbons (Fsp3) is 0.167. The highest BCUT2D eigenvalue weighted by Gasteiger charge is 2.16. The molecule has 0 atom stereocenters. The number of aromatic nitrogens is 1. The molecule has 0 aliphatic rings. The molecule has 0 aliphatic carbocycles. The third-order valence-corrected chi connectivity index (χ3v) is 1.48. The van der Waals surface area contributed by atoms with Gasteiger partial charge in [-0.3, -0.25) is 4.98 Å². The van der Waals surface area contributed by atoms with Gasteiger partial charge in [0.05, 0.1) is 11.3 Å². The van der Waals surface area contributed by atoms with Crippen LogP contribution in [0.4, 0.5) is 5.69 Å². The maximum Gasteiger partial charge on any atom is 0.510 e. The number of aryl methyl sites for hydroxylation is 1. The Bertz CT molecular complexity index is 265. The van der Waals surface area contributed by atoms with E-state index in [-0.39, 0.29) is 5.59 Å². The van der Waals surface area contributed by atoms with Crippen molar-refractivity contribution in [2.45, 2.75) is 6.92 Å². The lowest BCUT2D eigenvalue weighted by Gasteiger charge is -2.04. The van der Waals surface area contributed by atoms with E-state index in [1.165, 1.54) is 6.20 Å². The molecule has 0 amide bonds. The summed E-state index contributed by atoms with van der Waals surface area (Å²) in [5, 5.41) is 17.5. The van der Waals surface area contributed by atoms with E-state index in [1.807, 2.05) is 0 Å². The maximum absolute atomic E-state index is 8.74. The molecule has 1 aromatic rings. The van der Waals surface area contributed by atoms with Crippen molar-refractivity contribution in [3.63, 3.8) is 0 Å². The van der Waals surface area contributed by atoms with E-state index in [4.69, 9.17) is 15.8 Å². The first-order chi connectivity index (χ1) is 5.13. The van der Waals surface area contributed by atoms with Crippen LogP contribution in [0.1, 0.15) is 5.56 Å². The molecule has 1 aromatic heterocycles. The summed E-state index contributed by atoms with van der Waals surface area (Å²) in [6.45, 7) is 1.78. The molecule has 0 bridgehead atoms. The first-order valence-electron chi connectivity index (χ1n) is 3.20. The summed E-state index contributed by atoms with van der Waals surface area (Å²) < 4.78 is 0. The number of hydrogen-bond donors (Lipinski definition) is 3. The van der Waals surface area contributed by atoms with Crippen molar-refractivity contribution >= 4 is 18.4 Å². The highest BCUT2D eigenvalue weighted by molar-refractivity contribution is 6.59. The minimum atomic E-state index is -1.59. The largest absolute Gasteiger partial charge is 0.510 e. The van der Waals surface area contributed by atoms with Crippen LogP contribution in [0.2, 0.25) is 0 Å². The highest BCUT2D eigenvalue weighted by atomic mass is 16.4. The molecule has 11 heavy (non-hydrogen) atoms. The van der Waals surface area contributed by atoms with Crippen molar-refractivity contribution in [2.75, 3.05) is 5.73 Å². The lowest BCUT2D eigenvalue weighted by Crippen LogP contribution is -2.35. The predicted octanol–water partition coefficient (Wildman–Crippen LogP) is -1.35. The van der Waals surface area contributed by atoms with Crippen molar-refractivity contribution in [1.82, 2.24) is 4.98 Å². The molecule has 5 heteroatoms. The molecule has 0 spiro atoms. The van der Waals surface area contributed by atoms with Crippen LogP contribution in [0.3, 0.4) is 0 Å². The second-order valence-corrected chi connectivity index (χ2v) is 2.30. The van der Waals surface area contributed by atoms with E-state index in [1.54, 1.807) is 13.0 Å². The summed E-state index contributed by atoms with van der Waals surface area (Å²) in [6, 6.07) is 1.71. The minimum Gasteiger partial charge on any atom is -0.422 e. The average molecular weight is 152 g/mol. The molecule has 0 saturated heterocycles. The van der Waals surface area contributed by atoms with Gasteiger partial charge in [0.15, 0.2) is 0 Å². The van der Waals surface area contributed by atoms with E-state index in [9.17, 15) is 0 Å². The zero-order valence-corrected chi connectivity index (χ0v) is 6.15. The number of pyridine rings is 1. The standard InChI is InChI=1S/C6H9BN2O2/c1-4-2-3-9-6(5(4)8)7(10)11/h2-3,10-11H,8H2,1H3. The molecule has 0 fully saturated rings. The van der Waals surface area contributed by atoms with Crippen LogP contribution in [0.25, 0.3) is 0 Å². The smallest absolute Gasteiger partial charge is 0.422 e. The molecule has 0 radical (unpaired) electrons. The number of hydrogen-bond acceptors (Lipinski definition) is 4. The van der Waals surface area contributed by atoms with E-state index in [0.717, 1.165) is 5.56 Å². The van der Waals surface area contributed by atoms with Crippen LogP contribution in [0, 0.1) is 6.92 Å². The Kier molecular flexibility index (Phi) is 2.12. The maximum atomic E-state index is 8.74. The first kappa shape index (κ1) is 8.04. The zero-order chi connectivity index (χ0) is 8.43. The number of nitrogens with two attached hydrogens (primary N) is 1. The second-order valence-electron chi connectivity index (χ2n) is 2.30. The first-order valence-corrected chi connectivity index (χ1v) is 3.20. The summed E-state index contributed by atoms with van der Waals surface area (Å²) in [5.74, 6) is 0. The predicted molar refractivity (Wildman–Crippen MR) is 43.2 cm³/mol. The van der Waals surface area contributed by atoms with Gasteiger partial charge in [-0.2, -0.15) is 0 Å². The summed E-state index contributed by atoms with van der Waals surface area (Å²) in [7, 11) is -1.59. The SMILES string of the molecule is Cc1ccnc(B(O)O)c1N. The molecule has 0 aromatic carbocycles. The highest BCUT2D eigenvalue weighted by Crippen LogP contribution is 2.03. The fourth-order valence-electron chi connectivity index (χ4n) is 0.796. The number of nitrogens with zero attached hydrogens (tertiary/aromatic N) is 1. The molecule has 58 valence electrons. The second kappa shape index (κ2) is 2.90. The Morgan fingerprint density at radius 3 is 2.64 bits per heavy atom. The van der Waals surface area contributed by atoms with Gasteiger partial charge in [-0.25, -0.2) is 0 Å². The number of rotatable bonds is 1. The average Bonchev–Trinajstić information content (AvgIpc) is 1.94. The molecule has 0 unspecified atom stereocenters. The van der Waals surface area contributed by atoms with E-state index >= 15 is 0 Å². The molecule has 4 nitrogen and oxygen atoms in total.